The van der Waals surface area contributed by atoms with E-state index in [1.807, 2.05) is 24.3 Å². The van der Waals surface area contributed by atoms with Crippen molar-refractivity contribution in [3.8, 4) is 0 Å². The van der Waals surface area contributed by atoms with Crippen molar-refractivity contribution >= 4 is 5.91 Å². The van der Waals surface area contributed by atoms with Crippen molar-refractivity contribution in [2.24, 2.45) is 11.7 Å². The highest BCUT2D eigenvalue weighted by molar-refractivity contribution is 5.75. The SMILES string of the molecule is C=C1C=CC=CC1CC(N)=O. The van der Waals surface area contributed by atoms with E-state index in [0.717, 1.165) is 5.57 Å². The zero-order chi connectivity index (χ0) is 8.27. The van der Waals surface area contributed by atoms with Gasteiger partial charge in [0.25, 0.3) is 0 Å². The van der Waals surface area contributed by atoms with Crippen LogP contribution in [0.3, 0.4) is 0 Å². The van der Waals surface area contributed by atoms with E-state index in [9.17, 15) is 4.79 Å². The Balaban J connectivity index is 2.59. The van der Waals surface area contributed by atoms with Crippen LogP contribution in [0.5, 0.6) is 0 Å². The molecule has 58 valence electrons. The van der Waals surface area contributed by atoms with E-state index >= 15 is 0 Å². The number of primary amides is 1. The first-order chi connectivity index (χ1) is 5.20. The fourth-order valence-electron chi connectivity index (χ4n) is 1.04. The van der Waals surface area contributed by atoms with Crippen LogP contribution in [0, 0.1) is 5.92 Å². The lowest BCUT2D eigenvalue weighted by molar-refractivity contribution is -0.118. The molecule has 0 aromatic carbocycles. The van der Waals surface area contributed by atoms with Gasteiger partial charge in [0.2, 0.25) is 5.91 Å². The predicted molar refractivity (Wildman–Crippen MR) is 44.7 cm³/mol. The number of nitrogens with two attached hydrogens (primary N) is 1. The number of rotatable bonds is 2. The van der Waals surface area contributed by atoms with Crippen LogP contribution in [0.2, 0.25) is 0 Å². The van der Waals surface area contributed by atoms with Crippen molar-refractivity contribution in [3.05, 3.63) is 36.5 Å². The van der Waals surface area contributed by atoms with Gasteiger partial charge >= 0.3 is 0 Å². The van der Waals surface area contributed by atoms with E-state index in [4.69, 9.17) is 5.73 Å². The van der Waals surface area contributed by atoms with Crippen LogP contribution in [0.15, 0.2) is 36.5 Å². The molecular weight excluding hydrogens is 138 g/mol. The average Bonchev–Trinajstić information content (AvgIpc) is 1.93. The number of amides is 1. The van der Waals surface area contributed by atoms with Crippen LogP contribution in [0.4, 0.5) is 0 Å². The van der Waals surface area contributed by atoms with Crippen molar-refractivity contribution in [2.45, 2.75) is 6.42 Å². The van der Waals surface area contributed by atoms with Crippen LogP contribution in [0.25, 0.3) is 0 Å². The Kier molecular flexibility index (Phi) is 2.26. The molecule has 1 aliphatic carbocycles. The zero-order valence-electron chi connectivity index (χ0n) is 6.29. The van der Waals surface area contributed by atoms with Gasteiger partial charge in [-0.05, 0) is 5.57 Å². The molecule has 0 aliphatic heterocycles. The maximum Gasteiger partial charge on any atom is 0.218 e. The molecule has 11 heavy (non-hydrogen) atoms. The second-order valence-corrected chi connectivity index (χ2v) is 2.60. The first-order valence-electron chi connectivity index (χ1n) is 3.52. The maximum atomic E-state index is 10.5. The van der Waals surface area contributed by atoms with E-state index in [-0.39, 0.29) is 11.8 Å². The Hall–Kier alpha value is -1.31. The van der Waals surface area contributed by atoms with Crippen molar-refractivity contribution in [1.29, 1.82) is 0 Å². The van der Waals surface area contributed by atoms with E-state index in [1.165, 1.54) is 0 Å². The van der Waals surface area contributed by atoms with Gasteiger partial charge in [0.15, 0.2) is 0 Å². The summed E-state index contributed by atoms with van der Waals surface area (Å²) in [5.74, 6) is -0.173. The van der Waals surface area contributed by atoms with Gasteiger partial charge in [0.05, 0.1) is 0 Å². The van der Waals surface area contributed by atoms with Gasteiger partial charge in [-0.2, -0.15) is 0 Å². The van der Waals surface area contributed by atoms with Crippen molar-refractivity contribution < 1.29 is 4.79 Å². The van der Waals surface area contributed by atoms with Crippen LogP contribution in [0.1, 0.15) is 6.42 Å². The van der Waals surface area contributed by atoms with Gasteiger partial charge in [-0.15, -0.1) is 0 Å². The molecule has 1 unspecified atom stereocenters. The molecule has 0 saturated carbocycles. The Morgan fingerprint density at radius 2 is 2.36 bits per heavy atom. The molecule has 0 aromatic rings. The third-order valence-corrected chi connectivity index (χ3v) is 1.66. The van der Waals surface area contributed by atoms with Crippen molar-refractivity contribution in [1.82, 2.24) is 0 Å². The van der Waals surface area contributed by atoms with Gasteiger partial charge in [0, 0.05) is 12.3 Å². The number of hydrogen-bond donors (Lipinski definition) is 1. The van der Waals surface area contributed by atoms with Crippen LogP contribution < -0.4 is 5.73 Å². The summed E-state index contributed by atoms with van der Waals surface area (Å²) in [6.45, 7) is 3.80. The van der Waals surface area contributed by atoms with Crippen LogP contribution in [-0.4, -0.2) is 5.91 Å². The zero-order valence-corrected chi connectivity index (χ0v) is 6.29. The highest BCUT2D eigenvalue weighted by Gasteiger charge is 2.11. The largest absolute Gasteiger partial charge is 0.370 e. The van der Waals surface area contributed by atoms with Crippen molar-refractivity contribution in [2.75, 3.05) is 0 Å². The van der Waals surface area contributed by atoms with E-state index in [0.29, 0.717) is 6.42 Å². The summed E-state index contributed by atoms with van der Waals surface area (Å²) >= 11 is 0. The molecule has 0 fully saturated rings. The first kappa shape index (κ1) is 7.79. The fraction of sp³-hybridized carbons (Fsp3) is 0.222. The normalized spacial score (nSPS) is 22.2. The molecule has 1 amide bonds. The van der Waals surface area contributed by atoms with Crippen LogP contribution in [-0.2, 0) is 4.79 Å². The molecule has 2 nitrogen and oxygen atoms in total. The van der Waals surface area contributed by atoms with Crippen molar-refractivity contribution in [3.63, 3.8) is 0 Å². The molecule has 0 aromatic heterocycles. The molecule has 0 spiro atoms. The monoisotopic (exact) mass is 149 g/mol. The topological polar surface area (TPSA) is 43.1 Å². The molecule has 0 radical (unpaired) electrons. The molecule has 0 bridgehead atoms. The summed E-state index contributed by atoms with van der Waals surface area (Å²) in [5.41, 5.74) is 6.00. The van der Waals surface area contributed by atoms with Gasteiger partial charge in [-0.3, -0.25) is 4.79 Å². The molecule has 1 atom stereocenters. The highest BCUT2D eigenvalue weighted by atomic mass is 16.1. The minimum absolute atomic E-state index is 0.109. The first-order valence-corrected chi connectivity index (χ1v) is 3.52. The van der Waals surface area contributed by atoms with Crippen LogP contribution >= 0.6 is 0 Å². The Bertz CT molecular complexity index is 238. The lowest BCUT2D eigenvalue weighted by Gasteiger charge is -2.12. The summed E-state index contributed by atoms with van der Waals surface area (Å²) in [4.78, 5) is 10.5. The lowest BCUT2D eigenvalue weighted by Crippen LogP contribution is -2.16. The average molecular weight is 149 g/mol. The smallest absolute Gasteiger partial charge is 0.218 e. The number of hydrogen-bond acceptors (Lipinski definition) is 1. The van der Waals surface area contributed by atoms with E-state index in [1.54, 1.807) is 0 Å². The summed E-state index contributed by atoms with van der Waals surface area (Å²) in [6.07, 6.45) is 8.00. The van der Waals surface area contributed by atoms with Gasteiger partial charge in [-0.1, -0.05) is 30.9 Å². The Morgan fingerprint density at radius 1 is 1.64 bits per heavy atom. The van der Waals surface area contributed by atoms with Gasteiger partial charge in [0.1, 0.15) is 0 Å². The summed E-state index contributed by atoms with van der Waals surface area (Å²) in [7, 11) is 0. The maximum absolute atomic E-state index is 10.5. The Labute approximate surface area is 66.1 Å². The number of carbonyl (C=O) groups excluding carboxylic acids is 1. The van der Waals surface area contributed by atoms with E-state index < -0.39 is 0 Å². The molecule has 1 aliphatic rings. The number of carbonyl (C=O) groups is 1. The standard InChI is InChI=1S/C9H11NO/c1-7-4-2-3-5-8(7)6-9(10)11/h2-5,8H,1,6H2,(H2,10,11). The molecule has 1 rings (SSSR count). The van der Waals surface area contributed by atoms with E-state index in [2.05, 4.69) is 6.58 Å². The minimum Gasteiger partial charge on any atom is -0.370 e. The summed E-state index contributed by atoms with van der Waals surface area (Å²) in [6, 6.07) is 0. The second kappa shape index (κ2) is 3.19. The third-order valence-electron chi connectivity index (χ3n) is 1.66. The van der Waals surface area contributed by atoms with Gasteiger partial charge < -0.3 is 5.73 Å². The summed E-state index contributed by atoms with van der Waals surface area (Å²) in [5, 5.41) is 0. The highest BCUT2D eigenvalue weighted by Crippen LogP contribution is 2.19. The lowest BCUT2D eigenvalue weighted by atomic mass is 9.93. The third kappa shape index (κ3) is 2.08. The Morgan fingerprint density at radius 3 is 2.91 bits per heavy atom. The molecule has 2 N–H and O–H groups in total. The molecule has 2 heteroatoms. The molecule has 0 saturated heterocycles. The molecular formula is C9H11NO. The summed E-state index contributed by atoms with van der Waals surface area (Å²) < 4.78 is 0. The molecule has 0 heterocycles. The second-order valence-electron chi connectivity index (χ2n) is 2.60. The minimum atomic E-state index is -0.281. The fourth-order valence-corrected chi connectivity index (χ4v) is 1.04. The van der Waals surface area contributed by atoms with Gasteiger partial charge in [-0.25, -0.2) is 0 Å². The predicted octanol–water partition coefficient (Wildman–Crippen LogP) is 1.16. The number of allylic oxidation sites excluding steroid dienone is 5. The quantitative estimate of drug-likeness (QED) is 0.629.